The average Bonchev–Trinajstić information content (AvgIpc) is 3.40. The highest BCUT2D eigenvalue weighted by atomic mass is 32.1. The quantitative estimate of drug-likeness (QED) is 0.656. The van der Waals surface area contributed by atoms with Gasteiger partial charge in [-0.05, 0) is 47.1 Å². The maximum atomic E-state index is 12.2. The number of aromatic amines is 1. The van der Waals surface area contributed by atoms with Crippen molar-refractivity contribution in [2.75, 3.05) is 25.0 Å². The van der Waals surface area contributed by atoms with Crippen LogP contribution in [0.2, 0.25) is 0 Å². The molecular formula is C22H23N3OS. The number of carbonyl (C=O) groups excluding carboxylic acids is 1. The van der Waals surface area contributed by atoms with E-state index in [1.807, 2.05) is 29.8 Å². The van der Waals surface area contributed by atoms with Crippen LogP contribution in [0.15, 0.2) is 66.2 Å². The van der Waals surface area contributed by atoms with Crippen molar-refractivity contribution in [1.82, 2.24) is 9.88 Å². The number of benzene rings is 1. The first kappa shape index (κ1) is 17.8. The molecule has 27 heavy (non-hydrogen) atoms. The smallest absolute Gasteiger partial charge is 0.266 e. The molecular weight excluding hydrogens is 354 g/mol. The van der Waals surface area contributed by atoms with Gasteiger partial charge in [0.2, 0.25) is 0 Å². The van der Waals surface area contributed by atoms with Crippen LogP contribution in [0.5, 0.6) is 0 Å². The van der Waals surface area contributed by atoms with Crippen molar-refractivity contribution in [2.45, 2.75) is 12.8 Å². The number of aromatic nitrogens is 1. The van der Waals surface area contributed by atoms with Crippen LogP contribution in [0, 0.1) is 0 Å². The summed E-state index contributed by atoms with van der Waals surface area (Å²) in [4.78, 5) is 18.5. The van der Waals surface area contributed by atoms with E-state index in [-0.39, 0.29) is 5.91 Å². The van der Waals surface area contributed by atoms with Gasteiger partial charge in [-0.1, -0.05) is 42.5 Å². The Morgan fingerprint density at radius 3 is 2.81 bits per heavy atom. The highest BCUT2D eigenvalue weighted by Crippen LogP contribution is 2.25. The molecule has 4 nitrogen and oxygen atoms in total. The maximum Gasteiger partial charge on any atom is 0.266 e. The first-order valence-electron chi connectivity index (χ1n) is 9.27. The average molecular weight is 378 g/mol. The highest BCUT2D eigenvalue weighted by Gasteiger charge is 2.15. The summed E-state index contributed by atoms with van der Waals surface area (Å²) in [7, 11) is 0. The predicted molar refractivity (Wildman–Crippen MR) is 112 cm³/mol. The zero-order valence-electron chi connectivity index (χ0n) is 15.2. The lowest BCUT2D eigenvalue weighted by atomic mass is 10.0. The Hall–Kier alpha value is -2.63. The largest absolute Gasteiger partial charge is 0.348 e. The predicted octanol–water partition coefficient (Wildman–Crippen LogP) is 4.66. The normalized spacial score (nSPS) is 14.7. The van der Waals surface area contributed by atoms with Crippen LogP contribution in [0.25, 0.3) is 5.57 Å². The van der Waals surface area contributed by atoms with E-state index in [1.165, 1.54) is 28.0 Å². The van der Waals surface area contributed by atoms with E-state index in [0.717, 1.165) is 43.2 Å². The van der Waals surface area contributed by atoms with E-state index in [2.05, 4.69) is 51.6 Å². The van der Waals surface area contributed by atoms with Gasteiger partial charge in [-0.15, -0.1) is 11.3 Å². The van der Waals surface area contributed by atoms with Gasteiger partial charge in [0.25, 0.3) is 5.91 Å². The Morgan fingerprint density at radius 1 is 1.19 bits per heavy atom. The summed E-state index contributed by atoms with van der Waals surface area (Å²) in [6.07, 6.45) is 6.41. The lowest BCUT2D eigenvalue weighted by Gasteiger charge is -2.26. The molecule has 2 aromatic heterocycles. The molecule has 0 fully saturated rings. The third-order valence-corrected chi connectivity index (χ3v) is 5.77. The molecule has 1 aromatic carbocycles. The molecule has 0 spiro atoms. The molecule has 1 aliphatic rings. The second kappa shape index (κ2) is 8.37. The number of hydrogen-bond donors (Lipinski definition) is 2. The van der Waals surface area contributed by atoms with E-state index in [0.29, 0.717) is 0 Å². The van der Waals surface area contributed by atoms with Crippen molar-refractivity contribution in [3.8, 4) is 0 Å². The number of anilines is 1. The Balaban J connectivity index is 1.31. The molecule has 4 rings (SSSR count). The van der Waals surface area contributed by atoms with Gasteiger partial charge in [0.1, 0.15) is 5.82 Å². The second-order valence-electron chi connectivity index (χ2n) is 6.75. The number of thiophene rings is 1. The van der Waals surface area contributed by atoms with Gasteiger partial charge in [-0.25, -0.2) is 0 Å². The Morgan fingerprint density at radius 2 is 2.07 bits per heavy atom. The number of H-pyrrole nitrogens is 1. The van der Waals surface area contributed by atoms with Crippen LogP contribution < -0.4 is 5.32 Å². The molecule has 5 heteroatoms. The molecule has 3 aromatic rings. The summed E-state index contributed by atoms with van der Waals surface area (Å²) in [5, 5.41) is 4.84. The molecule has 0 saturated heterocycles. The first-order chi connectivity index (χ1) is 13.3. The fourth-order valence-electron chi connectivity index (χ4n) is 3.35. The van der Waals surface area contributed by atoms with Crippen LogP contribution in [-0.2, 0) is 6.42 Å². The number of nitrogens with one attached hydrogen (secondary N) is 2. The summed E-state index contributed by atoms with van der Waals surface area (Å²) >= 11 is 1.45. The molecule has 0 radical (unpaired) electrons. The lowest BCUT2D eigenvalue weighted by Crippen LogP contribution is -2.30. The van der Waals surface area contributed by atoms with Gasteiger partial charge in [-0.3, -0.25) is 9.69 Å². The monoisotopic (exact) mass is 377 g/mol. The van der Waals surface area contributed by atoms with Crippen LogP contribution in [0.1, 0.15) is 27.2 Å². The standard InChI is InChI=1S/C22H23N3OS/c26-22(20-7-4-14-27-20)24-21-15-19(16-23-21)18-9-12-25(13-10-18)11-8-17-5-2-1-3-6-17/h1-7,9,14-16,23H,8,10-13H2,(H,24,26). The number of rotatable bonds is 6. The zero-order valence-corrected chi connectivity index (χ0v) is 16.0. The molecule has 0 atom stereocenters. The lowest BCUT2D eigenvalue weighted by molar-refractivity contribution is 0.103. The topological polar surface area (TPSA) is 48.1 Å². The Bertz CT molecular complexity index is 912. The van der Waals surface area contributed by atoms with Gasteiger partial charge in [0, 0.05) is 25.8 Å². The van der Waals surface area contributed by atoms with Crippen molar-refractivity contribution < 1.29 is 4.79 Å². The Kier molecular flexibility index (Phi) is 5.51. The number of nitrogens with zero attached hydrogens (tertiary/aromatic N) is 1. The van der Waals surface area contributed by atoms with Crippen molar-refractivity contribution in [3.05, 3.63) is 82.2 Å². The van der Waals surface area contributed by atoms with Crippen LogP contribution in [-0.4, -0.2) is 35.4 Å². The summed E-state index contributed by atoms with van der Waals surface area (Å²) < 4.78 is 0. The second-order valence-corrected chi connectivity index (χ2v) is 7.70. The molecule has 1 aliphatic heterocycles. The maximum absolute atomic E-state index is 12.2. The minimum absolute atomic E-state index is 0.0666. The minimum Gasteiger partial charge on any atom is -0.348 e. The summed E-state index contributed by atoms with van der Waals surface area (Å²) in [5.41, 5.74) is 3.90. The number of carbonyl (C=O) groups is 1. The number of amides is 1. The Labute approximate surface area is 163 Å². The molecule has 0 bridgehead atoms. The summed E-state index contributed by atoms with van der Waals surface area (Å²) in [5.74, 6) is 0.680. The van der Waals surface area contributed by atoms with Gasteiger partial charge in [0.05, 0.1) is 4.88 Å². The summed E-state index contributed by atoms with van der Waals surface area (Å²) in [6, 6.07) is 16.4. The van der Waals surface area contributed by atoms with Crippen molar-refractivity contribution in [1.29, 1.82) is 0 Å². The van der Waals surface area contributed by atoms with Crippen molar-refractivity contribution in [3.63, 3.8) is 0 Å². The molecule has 1 amide bonds. The van der Waals surface area contributed by atoms with Gasteiger partial charge < -0.3 is 10.3 Å². The molecule has 0 aliphatic carbocycles. The molecule has 2 N–H and O–H groups in total. The van der Waals surface area contributed by atoms with Crippen molar-refractivity contribution in [2.24, 2.45) is 0 Å². The first-order valence-corrected chi connectivity index (χ1v) is 10.1. The van der Waals surface area contributed by atoms with Crippen LogP contribution in [0.3, 0.4) is 0 Å². The molecule has 0 saturated carbocycles. The van der Waals surface area contributed by atoms with E-state index >= 15 is 0 Å². The third kappa shape index (κ3) is 4.56. The number of hydrogen-bond acceptors (Lipinski definition) is 3. The van der Waals surface area contributed by atoms with Gasteiger partial charge >= 0.3 is 0 Å². The van der Waals surface area contributed by atoms with Crippen molar-refractivity contribution >= 4 is 28.6 Å². The van der Waals surface area contributed by atoms with E-state index < -0.39 is 0 Å². The molecule has 3 heterocycles. The van der Waals surface area contributed by atoms with E-state index in [4.69, 9.17) is 0 Å². The van der Waals surface area contributed by atoms with E-state index in [9.17, 15) is 4.79 Å². The SMILES string of the molecule is O=C(Nc1cc(C2=CCN(CCc3ccccc3)CC2)c[nH]1)c1cccs1. The fourth-order valence-corrected chi connectivity index (χ4v) is 3.97. The van der Waals surface area contributed by atoms with Crippen LogP contribution >= 0.6 is 11.3 Å². The van der Waals surface area contributed by atoms with Gasteiger partial charge in [-0.2, -0.15) is 0 Å². The van der Waals surface area contributed by atoms with E-state index in [1.54, 1.807) is 0 Å². The highest BCUT2D eigenvalue weighted by molar-refractivity contribution is 7.12. The summed E-state index contributed by atoms with van der Waals surface area (Å²) in [6.45, 7) is 3.13. The van der Waals surface area contributed by atoms with Crippen LogP contribution in [0.4, 0.5) is 5.82 Å². The fraction of sp³-hybridized carbons (Fsp3) is 0.227. The zero-order chi connectivity index (χ0) is 18.5. The molecule has 0 unspecified atom stereocenters. The third-order valence-electron chi connectivity index (χ3n) is 4.90. The minimum atomic E-state index is -0.0666. The van der Waals surface area contributed by atoms with Gasteiger partial charge in [0.15, 0.2) is 0 Å². The molecule has 138 valence electrons.